The van der Waals surface area contributed by atoms with E-state index in [1.54, 1.807) is 18.2 Å². The number of hydrogen-bond donors (Lipinski definition) is 1. The van der Waals surface area contributed by atoms with Crippen molar-refractivity contribution in [1.82, 2.24) is 0 Å². The third-order valence-electron chi connectivity index (χ3n) is 3.82. The predicted molar refractivity (Wildman–Crippen MR) is 109 cm³/mol. The number of hydrogen-bond acceptors (Lipinski definition) is 5. The fourth-order valence-corrected chi connectivity index (χ4v) is 2.46. The van der Waals surface area contributed by atoms with Crippen LogP contribution in [0.1, 0.15) is 25.0 Å². The summed E-state index contributed by atoms with van der Waals surface area (Å²) < 4.78 is 53.4. The van der Waals surface area contributed by atoms with Crippen molar-refractivity contribution in [2.24, 2.45) is 0 Å². The van der Waals surface area contributed by atoms with E-state index in [-0.39, 0.29) is 0 Å². The number of carbonyl (C=O) groups excluding carboxylic acids is 2. The van der Waals surface area contributed by atoms with E-state index < -0.39 is 30.2 Å². The van der Waals surface area contributed by atoms with Crippen LogP contribution >= 0.6 is 0 Å². The molecule has 0 aliphatic carbocycles. The highest BCUT2D eigenvalue weighted by molar-refractivity contribution is 5.94. The van der Waals surface area contributed by atoms with Gasteiger partial charge >= 0.3 is 12.1 Å². The van der Waals surface area contributed by atoms with Crippen LogP contribution in [0.4, 0.5) is 18.9 Å². The highest BCUT2D eigenvalue weighted by Crippen LogP contribution is 2.31. The summed E-state index contributed by atoms with van der Waals surface area (Å²) in [5, 5.41) is 2.58. The minimum absolute atomic E-state index is 0.382. The average Bonchev–Trinajstić information content (AvgIpc) is 2.72. The largest absolute Gasteiger partial charge is 0.490 e. The fraction of sp³-hybridized carbons (Fsp3) is 0.273. The molecule has 2 rings (SSSR count). The Morgan fingerprint density at radius 3 is 2.23 bits per heavy atom. The molecule has 166 valence electrons. The Morgan fingerprint density at radius 2 is 1.61 bits per heavy atom. The second-order valence-corrected chi connectivity index (χ2v) is 6.14. The molecule has 0 bridgehead atoms. The molecule has 9 heteroatoms. The lowest BCUT2D eigenvalue weighted by molar-refractivity contribution is -0.142. The van der Waals surface area contributed by atoms with Gasteiger partial charge in [-0.3, -0.25) is 4.79 Å². The first kappa shape index (κ1) is 23.8. The van der Waals surface area contributed by atoms with Gasteiger partial charge in [-0.2, -0.15) is 13.2 Å². The van der Waals surface area contributed by atoms with Gasteiger partial charge in [-0.05, 0) is 49.8 Å². The topological polar surface area (TPSA) is 73.9 Å². The van der Waals surface area contributed by atoms with Crippen LogP contribution in [0.3, 0.4) is 0 Å². The number of halogens is 3. The quantitative estimate of drug-likeness (QED) is 0.455. The van der Waals surface area contributed by atoms with Gasteiger partial charge in [0.2, 0.25) is 0 Å². The van der Waals surface area contributed by atoms with Gasteiger partial charge in [0.05, 0.1) is 18.8 Å². The Kier molecular flexibility index (Phi) is 8.48. The zero-order valence-corrected chi connectivity index (χ0v) is 17.0. The second-order valence-electron chi connectivity index (χ2n) is 6.14. The number of anilines is 1. The summed E-state index contributed by atoms with van der Waals surface area (Å²) in [7, 11) is 0. The normalized spacial score (nSPS) is 11.3. The Labute approximate surface area is 177 Å². The molecule has 0 saturated carbocycles. The molecule has 0 aliphatic rings. The molecule has 1 N–H and O–H groups in total. The van der Waals surface area contributed by atoms with E-state index in [4.69, 9.17) is 14.2 Å². The van der Waals surface area contributed by atoms with Crippen molar-refractivity contribution < 1.29 is 37.0 Å². The molecule has 0 spiro atoms. The van der Waals surface area contributed by atoms with Gasteiger partial charge in [-0.15, -0.1) is 0 Å². The second kappa shape index (κ2) is 11.1. The highest BCUT2D eigenvalue weighted by Gasteiger charge is 2.29. The molecule has 1 amide bonds. The van der Waals surface area contributed by atoms with Gasteiger partial charge in [0.15, 0.2) is 18.1 Å². The third-order valence-corrected chi connectivity index (χ3v) is 3.82. The minimum Gasteiger partial charge on any atom is -0.490 e. The summed E-state index contributed by atoms with van der Waals surface area (Å²) >= 11 is 0. The first-order valence-corrected chi connectivity index (χ1v) is 9.44. The smallest absolute Gasteiger partial charge is 0.416 e. The van der Waals surface area contributed by atoms with Crippen LogP contribution in [-0.2, 0) is 20.5 Å². The van der Waals surface area contributed by atoms with Crippen LogP contribution in [0.5, 0.6) is 11.5 Å². The van der Waals surface area contributed by atoms with Crippen molar-refractivity contribution in [1.29, 1.82) is 0 Å². The first-order valence-electron chi connectivity index (χ1n) is 9.44. The van der Waals surface area contributed by atoms with E-state index in [0.29, 0.717) is 36.0 Å². The van der Waals surface area contributed by atoms with Gasteiger partial charge < -0.3 is 19.5 Å². The van der Waals surface area contributed by atoms with Crippen LogP contribution < -0.4 is 14.8 Å². The van der Waals surface area contributed by atoms with Crippen molar-refractivity contribution in [3.63, 3.8) is 0 Å². The molecule has 0 unspecified atom stereocenters. The summed E-state index contributed by atoms with van der Waals surface area (Å²) in [4.78, 5) is 23.8. The van der Waals surface area contributed by atoms with E-state index in [1.165, 1.54) is 18.2 Å². The maximum absolute atomic E-state index is 12.5. The highest BCUT2D eigenvalue weighted by atomic mass is 19.4. The fourth-order valence-electron chi connectivity index (χ4n) is 2.46. The van der Waals surface area contributed by atoms with Crippen LogP contribution in [0, 0.1) is 0 Å². The van der Waals surface area contributed by atoms with E-state index in [1.807, 2.05) is 13.8 Å². The predicted octanol–water partition coefficient (Wildman–Crippen LogP) is 4.70. The number of carbonyl (C=O) groups is 2. The minimum atomic E-state index is -4.43. The number of alkyl halides is 3. The van der Waals surface area contributed by atoms with Gasteiger partial charge in [-0.1, -0.05) is 12.1 Å². The molecular formula is C22H22F3NO5. The number of amides is 1. The lowest BCUT2D eigenvalue weighted by Crippen LogP contribution is -2.20. The van der Waals surface area contributed by atoms with Gasteiger partial charge in [0.1, 0.15) is 0 Å². The molecule has 2 aromatic carbocycles. The summed E-state index contributed by atoms with van der Waals surface area (Å²) in [6.07, 6.45) is -2.11. The number of rotatable bonds is 9. The van der Waals surface area contributed by atoms with Gasteiger partial charge in [0.25, 0.3) is 5.91 Å². The Hall–Kier alpha value is -3.49. The van der Waals surface area contributed by atoms with Crippen LogP contribution in [0.25, 0.3) is 6.08 Å². The zero-order chi connectivity index (χ0) is 22.9. The zero-order valence-electron chi connectivity index (χ0n) is 17.0. The first-order chi connectivity index (χ1) is 14.7. The lowest BCUT2D eigenvalue weighted by Gasteiger charge is -2.13. The molecular weight excluding hydrogens is 415 g/mol. The molecule has 0 aromatic heterocycles. The molecule has 2 aromatic rings. The van der Waals surface area contributed by atoms with Crippen molar-refractivity contribution in [3.8, 4) is 11.5 Å². The van der Waals surface area contributed by atoms with Crippen molar-refractivity contribution in [3.05, 3.63) is 59.7 Å². The maximum Gasteiger partial charge on any atom is 0.416 e. The summed E-state index contributed by atoms with van der Waals surface area (Å²) in [5.41, 5.74) is 0.0335. The molecule has 6 nitrogen and oxygen atoms in total. The van der Waals surface area contributed by atoms with E-state index in [9.17, 15) is 22.8 Å². The summed E-state index contributed by atoms with van der Waals surface area (Å²) in [5.74, 6) is -0.361. The lowest BCUT2D eigenvalue weighted by atomic mass is 10.1. The van der Waals surface area contributed by atoms with Crippen LogP contribution in [0.2, 0.25) is 0 Å². The molecule has 0 heterocycles. The molecule has 0 atom stereocenters. The van der Waals surface area contributed by atoms with Crippen LogP contribution in [0.15, 0.2) is 48.5 Å². The Balaban J connectivity index is 1.87. The van der Waals surface area contributed by atoms with Crippen molar-refractivity contribution in [2.45, 2.75) is 20.0 Å². The Bertz CT molecular complexity index is 924. The monoisotopic (exact) mass is 437 g/mol. The number of benzene rings is 2. The van der Waals surface area contributed by atoms with Crippen LogP contribution in [-0.4, -0.2) is 31.7 Å². The summed E-state index contributed by atoms with van der Waals surface area (Å²) in [6, 6.07) is 9.14. The standard InChI is InChI=1S/C22H22F3NO5/c1-3-29-18-11-10-17(13-19(18)30-4-2)26-20(27)14-31-21(28)12-7-15-5-8-16(9-6-15)22(23,24)25/h5-13H,3-4,14H2,1-2H3,(H,26,27)/b12-7+. The third kappa shape index (κ3) is 7.69. The van der Waals surface area contributed by atoms with E-state index >= 15 is 0 Å². The number of nitrogens with one attached hydrogen (secondary N) is 1. The van der Waals surface area contributed by atoms with E-state index in [2.05, 4.69) is 5.32 Å². The Morgan fingerprint density at radius 1 is 0.968 bits per heavy atom. The number of ether oxygens (including phenoxy) is 3. The van der Waals surface area contributed by atoms with Crippen molar-refractivity contribution in [2.75, 3.05) is 25.1 Å². The molecule has 0 fully saturated rings. The molecule has 0 aliphatic heterocycles. The molecule has 0 saturated heterocycles. The van der Waals surface area contributed by atoms with Gasteiger partial charge in [-0.25, -0.2) is 4.79 Å². The number of esters is 1. The SMILES string of the molecule is CCOc1ccc(NC(=O)COC(=O)/C=C/c2ccc(C(F)(F)F)cc2)cc1OCC. The maximum atomic E-state index is 12.5. The van der Waals surface area contributed by atoms with E-state index in [0.717, 1.165) is 18.2 Å². The van der Waals surface area contributed by atoms with Gasteiger partial charge in [0, 0.05) is 17.8 Å². The molecule has 0 radical (unpaired) electrons. The summed E-state index contributed by atoms with van der Waals surface area (Å²) in [6.45, 7) is 4.00. The van der Waals surface area contributed by atoms with Crippen molar-refractivity contribution >= 4 is 23.6 Å². The molecule has 31 heavy (non-hydrogen) atoms. The average molecular weight is 437 g/mol.